The zero-order valence-corrected chi connectivity index (χ0v) is 15.3. The Morgan fingerprint density at radius 3 is 2.52 bits per heavy atom. The topological polar surface area (TPSA) is 73.6 Å². The van der Waals surface area contributed by atoms with Crippen molar-refractivity contribution in [1.82, 2.24) is 9.78 Å². The third-order valence-corrected chi connectivity index (χ3v) is 4.10. The van der Waals surface area contributed by atoms with Gasteiger partial charge < -0.3 is 14.6 Å². The molecule has 0 radical (unpaired) electrons. The van der Waals surface area contributed by atoms with Crippen molar-refractivity contribution >= 4 is 5.97 Å². The van der Waals surface area contributed by atoms with Crippen molar-refractivity contribution in [2.24, 2.45) is 0 Å². The van der Waals surface area contributed by atoms with Crippen molar-refractivity contribution in [2.75, 3.05) is 0 Å². The molecule has 0 saturated carbocycles. The van der Waals surface area contributed by atoms with Gasteiger partial charge in [0.15, 0.2) is 11.5 Å². The fraction of sp³-hybridized carbons (Fsp3) is 0.200. The summed E-state index contributed by atoms with van der Waals surface area (Å²) in [7, 11) is 0. The Morgan fingerprint density at radius 2 is 1.86 bits per heavy atom. The lowest BCUT2D eigenvalue weighted by atomic mass is 10.1. The first-order valence-electron chi connectivity index (χ1n) is 8.57. The molecule has 0 bridgehead atoms. The van der Waals surface area contributed by atoms with Gasteiger partial charge in [-0.05, 0) is 30.2 Å². The molecule has 2 aromatic carbocycles. The second-order valence-electron chi connectivity index (χ2n) is 6.21. The third kappa shape index (κ3) is 5.28. The Morgan fingerprint density at radius 1 is 1.14 bits per heavy atom. The summed E-state index contributed by atoms with van der Waals surface area (Å²) in [5.41, 5.74) is 1.61. The number of nitrogens with zero attached hydrogens (tertiary/aromatic N) is 2. The number of carboxylic acids is 1. The number of aliphatic carboxylic acids is 1. The molecule has 1 N–H and O–H groups in total. The molecule has 0 saturated heterocycles. The minimum atomic E-state index is -4.90. The molecule has 29 heavy (non-hydrogen) atoms. The molecule has 0 amide bonds. The molecule has 9 heteroatoms. The van der Waals surface area contributed by atoms with Crippen LogP contribution in [0.3, 0.4) is 0 Å². The first-order valence-corrected chi connectivity index (χ1v) is 8.57. The molecule has 0 fully saturated rings. The lowest BCUT2D eigenvalue weighted by Crippen LogP contribution is -2.17. The molecule has 1 unspecified atom stereocenters. The largest absolute Gasteiger partial charge is 0.573 e. The highest BCUT2D eigenvalue weighted by atomic mass is 19.4. The number of rotatable bonds is 7. The summed E-state index contributed by atoms with van der Waals surface area (Å²) in [4.78, 5) is 11.1. The lowest BCUT2D eigenvalue weighted by Gasteiger charge is -2.15. The van der Waals surface area contributed by atoms with Crippen molar-refractivity contribution in [1.29, 1.82) is 0 Å². The number of carbonyl (C=O) groups is 1. The molecule has 152 valence electrons. The fourth-order valence-corrected chi connectivity index (χ4v) is 2.56. The molecule has 1 atom stereocenters. The van der Waals surface area contributed by atoms with Crippen molar-refractivity contribution in [3.8, 4) is 22.6 Å². The zero-order valence-electron chi connectivity index (χ0n) is 15.3. The third-order valence-electron chi connectivity index (χ3n) is 4.10. The van der Waals surface area contributed by atoms with E-state index >= 15 is 0 Å². The van der Waals surface area contributed by atoms with Crippen molar-refractivity contribution in [2.45, 2.75) is 25.9 Å². The van der Waals surface area contributed by atoms with Gasteiger partial charge in [-0.3, -0.25) is 4.68 Å². The smallest absolute Gasteiger partial charge is 0.485 e. The maximum atomic E-state index is 12.9. The summed E-state index contributed by atoms with van der Waals surface area (Å²) < 4.78 is 49.4. The molecule has 0 aliphatic heterocycles. The second kappa shape index (κ2) is 8.26. The molecule has 0 aliphatic carbocycles. The lowest BCUT2D eigenvalue weighted by molar-refractivity contribution is -0.275. The van der Waals surface area contributed by atoms with Gasteiger partial charge in [0.1, 0.15) is 12.6 Å². The summed E-state index contributed by atoms with van der Waals surface area (Å²) in [5, 5.41) is 13.0. The van der Waals surface area contributed by atoms with Crippen LogP contribution in [-0.4, -0.2) is 27.2 Å². The average molecular weight is 406 g/mol. The van der Waals surface area contributed by atoms with Crippen LogP contribution in [0.25, 0.3) is 11.1 Å². The van der Waals surface area contributed by atoms with Gasteiger partial charge in [0.05, 0.1) is 6.20 Å². The van der Waals surface area contributed by atoms with Crippen molar-refractivity contribution in [3.63, 3.8) is 0 Å². The summed E-state index contributed by atoms with van der Waals surface area (Å²) >= 11 is 0. The normalized spacial score (nSPS) is 12.4. The Kier molecular flexibility index (Phi) is 5.76. The van der Waals surface area contributed by atoms with E-state index in [4.69, 9.17) is 9.84 Å². The van der Waals surface area contributed by atoms with E-state index in [0.29, 0.717) is 11.1 Å². The van der Waals surface area contributed by atoms with E-state index in [2.05, 4.69) is 9.84 Å². The molecule has 1 aromatic heterocycles. The number of hydrogen-bond donors (Lipinski definition) is 1. The summed E-state index contributed by atoms with van der Waals surface area (Å²) in [6, 6.07) is 12.2. The van der Waals surface area contributed by atoms with Crippen LogP contribution >= 0.6 is 0 Å². The number of aromatic nitrogens is 2. The van der Waals surface area contributed by atoms with Gasteiger partial charge in [0, 0.05) is 11.8 Å². The predicted molar refractivity (Wildman–Crippen MR) is 97.5 cm³/mol. The van der Waals surface area contributed by atoms with E-state index < -0.39 is 24.1 Å². The Hall–Kier alpha value is -3.49. The standard InChI is InChI=1S/C20H17F3N2O4/c1-13(19(26)27)25-11-16(10-24-25)15-7-8-17(18(9-15)29-20(21,22)23)28-12-14-5-3-2-4-6-14/h2-11,13H,12H2,1H3,(H,26,27). The van der Waals surface area contributed by atoms with Crippen molar-refractivity contribution < 1.29 is 32.5 Å². The minimum absolute atomic E-state index is 0.0683. The fourth-order valence-electron chi connectivity index (χ4n) is 2.56. The van der Waals surface area contributed by atoms with Gasteiger partial charge in [-0.1, -0.05) is 36.4 Å². The summed E-state index contributed by atoms with van der Waals surface area (Å²) in [5.74, 6) is -1.64. The van der Waals surface area contributed by atoms with E-state index in [-0.39, 0.29) is 12.4 Å². The highest BCUT2D eigenvalue weighted by Crippen LogP contribution is 2.36. The Bertz CT molecular complexity index is 987. The van der Waals surface area contributed by atoms with Crippen LogP contribution < -0.4 is 9.47 Å². The minimum Gasteiger partial charge on any atom is -0.485 e. The summed E-state index contributed by atoms with van der Waals surface area (Å²) in [6.45, 7) is 1.51. The number of carboxylic acid groups (broad SMARTS) is 1. The van der Waals surface area contributed by atoms with Gasteiger partial charge >= 0.3 is 12.3 Å². The quantitative estimate of drug-likeness (QED) is 0.617. The maximum Gasteiger partial charge on any atom is 0.573 e. The highest BCUT2D eigenvalue weighted by molar-refractivity contribution is 5.72. The van der Waals surface area contributed by atoms with Gasteiger partial charge in [0.25, 0.3) is 0 Å². The van der Waals surface area contributed by atoms with Crippen LogP contribution in [-0.2, 0) is 11.4 Å². The molecule has 0 aliphatic rings. The second-order valence-corrected chi connectivity index (χ2v) is 6.21. The molecule has 3 rings (SSSR count). The van der Waals surface area contributed by atoms with Gasteiger partial charge in [-0.15, -0.1) is 13.2 Å². The van der Waals surface area contributed by atoms with Crippen LogP contribution in [0.2, 0.25) is 0 Å². The van der Waals surface area contributed by atoms with E-state index in [1.165, 1.54) is 36.1 Å². The highest BCUT2D eigenvalue weighted by Gasteiger charge is 2.32. The van der Waals surface area contributed by atoms with Gasteiger partial charge in [-0.25, -0.2) is 4.79 Å². The zero-order chi connectivity index (χ0) is 21.0. The maximum absolute atomic E-state index is 12.9. The average Bonchev–Trinajstić information content (AvgIpc) is 3.16. The summed E-state index contributed by atoms with van der Waals surface area (Å²) in [6.07, 6.45) is -2.09. The number of halogens is 3. The molecule has 0 spiro atoms. The molecule has 6 nitrogen and oxygen atoms in total. The van der Waals surface area contributed by atoms with Crippen LogP contribution in [0.4, 0.5) is 13.2 Å². The van der Waals surface area contributed by atoms with E-state index in [9.17, 15) is 18.0 Å². The molecule has 1 heterocycles. The van der Waals surface area contributed by atoms with Crippen LogP contribution in [0.15, 0.2) is 60.9 Å². The van der Waals surface area contributed by atoms with E-state index in [1.54, 1.807) is 30.3 Å². The van der Waals surface area contributed by atoms with Gasteiger partial charge in [-0.2, -0.15) is 5.10 Å². The monoisotopic (exact) mass is 406 g/mol. The van der Waals surface area contributed by atoms with Crippen LogP contribution in [0.5, 0.6) is 11.5 Å². The molecular weight excluding hydrogens is 389 g/mol. The predicted octanol–water partition coefficient (Wildman–Crippen LogP) is 4.67. The number of ether oxygens (including phenoxy) is 2. The number of alkyl halides is 3. The first kappa shape index (κ1) is 20.2. The molecule has 3 aromatic rings. The van der Waals surface area contributed by atoms with Crippen LogP contribution in [0.1, 0.15) is 18.5 Å². The van der Waals surface area contributed by atoms with Crippen LogP contribution in [0, 0.1) is 0 Å². The first-order chi connectivity index (χ1) is 13.7. The Labute approximate surface area is 164 Å². The molecular formula is C20H17F3N2O4. The Balaban J connectivity index is 1.88. The number of benzene rings is 2. The van der Waals surface area contributed by atoms with Gasteiger partial charge in [0.2, 0.25) is 0 Å². The number of hydrogen-bond acceptors (Lipinski definition) is 4. The van der Waals surface area contributed by atoms with Crippen molar-refractivity contribution in [3.05, 3.63) is 66.5 Å². The van der Waals surface area contributed by atoms with E-state index in [1.807, 2.05) is 6.07 Å². The van der Waals surface area contributed by atoms with E-state index in [0.717, 1.165) is 5.56 Å². The SMILES string of the molecule is CC(C(=O)O)n1cc(-c2ccc(OCc3ccccc3)c(OC(F)(F)F)c2)cn1.